The van der Waals surface area contributed by atoms with Gasteiger partial charge in [-0.15, -0.1) is 12.4 Å². The van der Waals surface area contributed by atoms with Crippen LogP contribution >= 0.6 is 24.2 Å². The third-order valence-electron chi connectivity index (χ3n) is 3.39. The number of nitrogens with one attached hydrogen (secondary N) is 2. The van der Waals surface area contributed by atoms with E-state index < -0.39 is 0 Å². The molecule has 0 aromatic carbocycles. The van der Waals surface area contributed by atoms with E-state index in [9.17, 15) is 4.79 Å². The van der Waals surface area contributed by atoms with Gasteiger partial charge in [-0.25, -0.2) is 0 Å². The maximum absolute atomic E-state index is 11.6. The fourth-order valence-corrected chi connectivity index (χ4v) is 3.21. The summed E-state index contributed by atoms with van der Waals surface area (Å²) in [5.41, 5.74) is 0. The highest BCUT2D eigenvalue weighted by Crippen LogP contribution is 2.13. The van der Waals surface area contributed by atoms with E-state index in [-0.39, 0.29) is 18.3 Å². The molecule has 1 aliphatic heterocycles. The fraction of sp³-hybridized carbons (Fsp3) is 0.929. The van der Waals surface area contributed by atoms with Crippen LogP contribution in [0.5, 0.6) is 0 Å². The molecular formula is C14H29ClN2OS. The van der Waals surface area contributed by atoms with Crippen LogP contribution in [-0.4, -0.2) is 37.0 Å². The average Bonchev–Trinajstić information content (AvgIpc) is 2.40. The third-order valence-corrected chi connectivity index (χ3v) is 4.46. The minimum Gasteiger partial charge on any atom is -0.356 e. The van der Waals surface area contributed by atoms with Gasteiger partial charge in [-0.05, 0) is 50.4 Å². The molecule has 114 valence electrons. The van der Waals surface area contributed by atoms with Gasteiger partial charge in [-0.1, -0.05) is 13.3 Å². The fourth-order valence-electron chi connectivity index (χ4n) is 2.19. The van der Waals surface area contributed by atoms with Crippen LogP contribution in [0.3, 0.4) is 0 Å². The quantitative estimate of drug-likeness (QED) is 0.644. The van der Waals surface area contributed by atoms with E-state index in [0.717, 1.165) is 37.7 Å². The Kier molecular flexibility index (Phi) is 13.1. The SMILES string of the molecule is CCCCSCCC(=O)NCCC1CCCNC1.Cl. The molecule has 1 unspecified atom stereocenters. The van der Waals surface area contributed by atoms with Crippen LogP contribution in [0.15, 0.2) is 0 Å². The van der Waals surface area contributed by atoms with Crippen LogP contribution in [0, 0.1) is 5.92 Å². The summed E-state index contributed by atoms with van der Waals surface area (Å²) in [6.45, 7) is 5.35. The summed E-state index contributed by atoms with van der Waals surface area (Å²) in [6.07, 6.45) is 6.91. The Hall–Kier alpha value is 0.0700. The van der Waals surface area contributed by atoms with Crippen LogP contribution in [0.25, 0.3) is 0 Å². The van der Waals surface area contributed by atoms with Gasteiger partial charge < -0.3 is 10.6 Å². The lowest BCUT2D eigenvalue weighted by atomic mass is 9.96. The third kappa shape index (κ3) is 10.5. The zero-order chi connectivity index (χ0) is 13.1. The lowest BCUT2D eigenvalue weighted by molar-refractivity contribution is -0.120. The molecule has 0 radical (unpaired) electrons. The summed E-state index contributed by atoms with van der Waals surface area (Å²) >= 11 is 1.90. The Labute approximate surface area is 128 Å². The normalized spacial score (nSPS) is 18.7. The lowest BCUT2D eigenvalue weighted by Crippen LogP contribution is -2.33. The van der Waals surface area contributed by atoms with Crippen LogP contribution in [0.1, 0.15) is 45.4 Å². The van der Waals surface area contributed by atoms with Gasteiger partial charge in [0.1, 0.15) is 0 Å². The predicted molar refractivity (Wildman–Crippen MR) is 87.3 cm³/mol. The van der Waals surface area contributed by atoms with Crippen molar-refractivity contribution in [1.82, 2.24) is 10.6 Å². The minimum atomic E-state index is 0. The summed E-state index contributed by atoms with van der Waals surface area (Å²) in [6, 6.07) is 0. The Morgan fingerprint density at radius 1 is 1.42 bits per heavy atom. The molecule has 19 heavy (non-hydrogen) atoms. The van der Waals surface area contributed by atoms with Gasteiger partial charge in [0.15, 0.2) is 0 Å². The molecule has 1 atom stereocenters. The van der Waals surface area contributed by atoms with E-state index in [1.54, 1.807) is 0 Å². The van der Waals surface area contributed by atoms with Crippen molar-refractivity contribution in [2.75, 3.05) is 31.1 Å². The highest BCUT2D eigenvalue weighted by molar-refractivity contribution is 7.99. The predicted octanol–water partition coefficient (Wildman–Crippen LogP) is 2.84. The molecule has 1 heterocycles. The number of hydrogen-bond acceptors (Lipinski definition) is 3. The van der Waals surface area contributed by atoms with Crippen LogP contribution < -0.4 is 10.6 Å². The van der Waals surface area contributed by atoms with Crippen molar-refractivity contribution in [3.63, 3.8) is 0 Å². The van der Waals surface area contributed by atoms with Crippen molar-refractivity contribution >= 4 is 30.1 Å². The van der Waals surface area contributed by atoms with Crippen molar-refractivity contribution in [3.8, 4) is 0 Å². The largest absolute Gasteiger partial charge is 0.356 e. The standard InChI is InChI=1S/C14H28N2OS.ClH/c1-2-3-10-18-11-7-14(17)16-9-6-13-5-4-8-15-12-13;/h13,15H,2-12H2,1H3,(H,16,17);1H. The topological polar surface area (TPSA) is 41.1 Å². The Morgan fingerprint density at radius 3 is 2.95 bits per heavy atom. The van der Waals surface area contributed by atoms with Crippen LogP contribution in [-0.2, 0) is 4.79 Å². The van der Waals surface area contributed by atoms with Gasteiger partial charge in [0.2, 0.25) is 5.91 Å². The molecule has 0 aromatic heterocycles. The number of carbonyl (C=O) groups is 1. The van der Waals surface area contributed by atoms with Crippen molar-refractivity contribution in [2.24, 2.45) is 5.92 Å². The number of rotatable bonds is 9. The van der Waals surface area contributed by atoms with E-state index in [0.29, 0.717) is 6.42 Å². The van der Waals surface area contributed by atoms with Crippen molar-refractivity contribution in [2.45, 2.75) is 45.4 Å². The highest BCUT2D eigenvalue weighted by Gasteiger charge is 2.12. The Balaban J connectivity index is 0.00000324. The second kappa shape index (κ2) is 13.1. The Morgan fingerprint density at radius 2 is 2.26 bits per heavy atom. The molecule has 0 saturated carbocycles. The molecule has 1 amide bonds. The lowest BCUT2D eigenvalue weighted by Gasteiger charge is -2.22. The molecule has 3 nitrogen and oxygen atoms in total. The first kappa shape index (κ1) is 19.1. The molecule has 1 aliphatic rings. The number of thioether (sulfide) groups is 1. The molecule has 1 rings (SSSR count). The number of amides is 1. The second-order valence-electron chi connectivity index (χ2n) is 5.07. The minimum absolute atomic E-state index is 0. The molecular weight excluding hydrogens is 280 g/mol. The highest BCUT2D eigenvalue weighted by atomic mass is 35.5. The van der Waals surface area contributed by atoms with E-state index in [2.05, 4.69) is 17.6 Å². The number of piperidine rings is 1. The zero-order valence-corrected chi connectivity index (χ0v) is 13.7. The van der Waals surface area contributed by atoms with Gasteiger partial charge in [0.05, 0.1) is 0 Å². The molecule has 0 aromatic rings. The van der Waals surface area contributed by atoms with Gasteiger partial charge in [0, 0.05) is 18.7 Å². The zero-order valence-electron chi connectivity index (χ0n) is 12.1. The van der Waals surface area contributed by atoms with E-state index in [4.69, 9.17) is 0 Å². The van der Waals surface area contributed by atoms with E-state index in [1.807, 2.05) is 11.8 Å². The number of hydrogen-bond donors (Lipinski definition) is 2. The summed E-state index contributed by atoms with van der Waals surface area (Å²) in [5.74, 6) is 3.15. The molecule has 0 spiro atoms. The van der Waals surface area contributed by atoms with Gasteiger partial charge >= 0.3 is 0 Å². The number of unbranched alkanes of at least 4 members (excludes halogenated alkanes) is 1. The first-order valence-corrected chi connectivity index (χ1v) is 8.53. The molecule has 2 N–H and O–H groups in total. The number of halogens is 1. The van der Waals surface area contributed by atoms with E-state index in [1.165, 1.54) is 31.4 Å². The Bertz CT molecular complexity index is 223. The number of carbonyl (C=O) groups excluding carboxylic acids is 1. The smallest absolute Gasteiger partial charge is 0.220 e. The van der Waals surface area contributed by atoms with Crippen molar-refractivity contribution < 1.29 is 4.79 Å². The molecule has 5 heteroatoms. The van der Waals surface area contributed by atoms with Crippen molar-refractivity contribution in [1.29, 1.82) is 0 Å². The van der Waals surface area contributed by atoms with Crippen LogP contribution in [0.4, 0.5) is 0 Å². The van der Waals surface area contributed by atoms with Crippen LogP contribution in [0.2, 0.25) is 0 Å². The van der Waals surface area contributed by atoms with Gasteiger partial charge in [0.25, 0.3) is 0 Å². The second-order valence-corrected chi connectivity index (χ2v) is 6.29. The molecule has 1 fully saturated rings. The summed E-state index contributed by atoms with van der Waals surface area (Å²) < 4.78 is 0. The maximum atomic E-state index is 11.6. The average molecular weight is 309 g/mol. The molecule has 1 saturated heterocycles. The maximum Gasteiger partial charge on any atom is 0.220 e. The van der Waals surface area contributed by atoms with Crippen molar-refractivity contribution in [3.05, 3.63) is 0 Å². The van der Waals surface area contributed by atoms with E-state index >= 15 is 0 Å². The molecule has 0 bridgehead atoms. The first-order chi connectivity index (χ1) is 8.83. The summed E-state index contributed by atoms with van der Waals surface area (Å²) in [4.78, 5) is 11.6. The van der Waals surface area contributed by atoms with Gasteiger partial charge in [-0.2, -0.15) is 11.8 Å². The monoisotopic (exact) mass is 308 g/mol. The summed E-state index contributed by atoms with van der Waals surface area (Å²) in [5, 5.41) is 6.45. The first-order valence-electron chi connectivity index (χ1n) is 7.38. The molecule has 0 aliphatic carbocycles. The summed E-state index contributed by atoms with van der Waals surface area (Å²) in [7, 11) is 0. The van der Waals surface area contributed by atoms with Gasteiger partial charge in [-0.3, -0.25) is 4.79 Å².